The second-order valence-electron chi connectivity index (χ2n) is 5.24. The zero-order chi connectivity index (χ0) is 14.3. The molecule has 1 aromatic rings. The molecule has 0 aliphatic carbocycles. The molecule has 1 aromatic heterocycles. The summed E-state index contributed by atoms with van der Waals surface area (Å²) in [7, 11) is -3.41. The third-order valence-corrected chi connectivity index (χ3v) is 8.77. The van der Waals surface area contributed by atoms with Crippen LogP contribution >= 0.6 is 38.9 Å². The number of hydrogen-bond donors (Lipinski definition) is 0. The van der Waals surface area contributed by atoms with Crippen molar-refractivity contribution < 1.29 is 8.42 Å². The van der Waals surface area contributed by atoms with Gasteiger partial charge in [-0.2, -0.15) is 4.31 Å². The van der Waals surface area contributed by atoms with Crippen LogP contribution in [0.5, 0.6) is 0 Å². The van der Waals surface area contributed by atoms with Crippen LogP contribution in [0.2, 0.25) is 5.02 Å². The average Bonchev–Trinajstić information content (AvgIpc) is 2.91. The molecule has 0 radical (unpaired) electrons. The molecule has 8 heteroatoms. The van der Waals surface area contributed by atoms with Crippen LogP contribution in [-0.4, -0.2) is 49.8 Å². The largest absolute Gasteiger partial charge is 0.299 e. The van der Waals surface area contributed by atoms with E-state index in [-0.39, 0.29) is 0 Å². The molecule has 20 heavy (non-hydrogen) atoms. The normalized spacial score (nSPS) is 25.6. The van der Waals surface area contributed by atoms with Crippen molar-refractivity contribution in [1.82, 2.24) is 9.21 Å². The van der Waals surface area contributed by atoms with Crippen molar-refractivity contribution in [1.29, 1.82) is 0 Å². The molecule has 1 unspecified atom stereocenters. The van der Waals surface area contributed by atoms with Crippen molar-refractivity contribution in [2.45, 2.75) is 29.5 Å². The fourth-order valence-corrected chi connectivity index (χ4v) is 7.04. The monoisotopic (exact) mass is 398 g/mol. The van der Waals surface area contributed by atoms with E-state index in [0.29, 0.717) is 32.1 Å². The van der Waals surface area contributed by atoms with Gasteiger partial charge in [0.2, 0.25) is 0 Å². The molecule has 2 aliphatic heterocycles. The fourth-order valence-electron chi connectivity index (χ4n) is 2.97. The highest BCUT2D eigenvalue weighted by atomic mass is 79.9. The summed E-state index contributed by atoms with van der Waals surface area (Å²) >= 11 is 10.4. The number of hydrogen-bond acceptors (Lipinski definition) is 4. The van der Waals surface area contributed by atoms with Gasteiger partial charge in [-0.05, 0) is 54.3 Å². The first-order valence-corrected chi connectivity index (χ1v) is 10.1. The Morgan fingerprint density at radius 2 is 2.05 bits per heavy atom. The second kappa shape index (κ2) is 5.85. The van der Waals surface area contributed by atoms with E-state index in [2.05, 4.69) is 20.8 Å². The number of thiophene rings is 1. The molecule has 112 valence electrons. The summed E-state index contributed by atoms with van der Waals surface area (Å²) in [4.78, 5) is 2.42. The highest BCUT2D eigenvalue weighted by Crippen LogP contribution is 2.36. The van der Waals surface area contributed by atoms with Crippen LogP contribution < -0.4 is 0 Å². The first-order valence-electron chi connectivity index (χ1n) is 6.67. The van der Waals surface area contributed by atoms with Crippen LogP contribution in [0.25, 0.3) is 0 Å². The standard InChI is InChI=1S/C12H16BrClN2O2S2/c13-12-10(14)7-11(19-12)20(17,18)16-6-2-5-15-4-1-3-9(15)8-16/h7,9H,1-6,8H2. The van der Waals surface area contributed by atoms with Gasteiger partial charge in [0.1, 0.15) is 4.21 Å². The molecule has 2 fully saturated rings. The number of fused-ring (bicyclic) bond motifs is 1. The molecule has 4 nitrogen and oxygen atoms in total. The quantitative estimate of drug-likeness (QED) is 0.767. The third-order valence-electron chi connectivity index (χ3n) is 3.98. The van der Waals surface area contributed by atoms with Gasteiger partial charge in [-0.1, -0.05) is 11.6 Å². The molecule has 3 heterocycles. The zero-order valence-electron chi connectivity index (χ0n) is 10.9. The van der Waals surface area contributed by atoms with E-state index in [1.54, 1.807) is 10.4 Å². The Morgan fingerprint density at radius 1 is 1.30 bits per heavy atom. The summed E-state index contributed by atoms with van der Waals surface area (Å²) in [5.74, 6) is 0. The molecule has 0 bridgehead atoms. The van der Waals surface area contributed by atoms with E-state index < -0.39 is 10.0 Å². The van der Waals surface area contributed by atoms with Crippen molar-refractivity contribution in [2.24, 2.45) is 0 Å². The maximum Gasteiger partial charge on any atom is 0.252 e. The minimum atomic E-state index is -3.41. The lowest BCUT2D eigenvalue weighted by Gasteiger charge is -2.24. The summed E-state index contributed by atoms with van der Waals surface area (Å²) in [5.41, 5.74) is 0. The summed E-state index contributed by atoms with van der Waals surface area (Å²) in [6.07, 6.45) is 3.17. The predicted molar refractivity (Wildman–Crippen MR) is 85.0 cm³/mol. The van der Waals surface area contributed by atoms with Gasteiger partial charge in [0.25, 0.3) is 10.0 Å². The lowest BCUT2D eigenvalue weighted by molar-refractivity contribution is 0.257. The van der Waals surface area contributed by atoms with Crippen molar-refractivity contribution in [3.63, 3.8) is 0 Å². The van der Waals surface area contributed by atoms with E-state index in [0.717, 1.165) is 25.9 Å². The molecule has 3 rings (SSSR count). The van der Waals surface area contributed by atoms with E-state index in [1.165, 1.54) is 17.8 Å². The van der Waals surface area contributed by atoms with Gasteiger partial charge in [0.15, 0.2) is 0 Å². The molecule has 0 saturated carbocycles. The average molecular weight is 400 g/mol. The Balaban J connectivity index is 1.86. The third kappa shape index (κ3) is 2.80. The minimum Gasteiger partial charge on any atom is -0.299 e. The van der Waals surface area contributed by atoms with Gasteiger partial charge in [-0.15, -0.1) is 11.3 Å². The summed E-state index contributed by atoms with van der Waals surface area (Å²) < 4.78 is 28.1. The Bertz CT molecular complexity index is 585. The van der Waals surface area contributed by atoms with E-state index in [4.69, 9.17) is 11.6 Å². The lowest BCUT2D eigenvalue weighted by Crippen LogP contribution is -2.39. The lowest BCUT2D eigenvalue weighted by atomic mass is 10.2. The number of sulfonamides is 1. The molecule has 0 aromatic carbocycles. The van der Waals surface area contributed by atoms with Gasteiger partial charge < -0.3 is 0 Å². The zero-order valence-corrected chi connectivity index (χ0v) is 14.9. The highest BCUT2D eigenvalue weighted by molar-refractivity contribution is 9.11. The van der Waals surface area contributed by atoms with Gasteiger partial charge in [0, 0.05) is 19.1 Å². The minimum absolute atomic E-state index is 0.334. The van der Waals surface area contributed by atoms with Crippen molar-refractivity contribution in [3.05, 3.63) is 14.9 Å². The van der Waals surface area contributed by atoms with E-state index >= 15 is 0 Å². The van der Waals surface area contributed by atoms with Gasteiger partial charge in [0.05, 0.1) is 8.81 Å². The van der Waals surface area contributed by atoms with Gasteiger partial charge >= 0.3 is 0 Å². The SMILES string of the molecule is O=S(=O)(c1cc(Cl)c(Br)s1)N1CCCN2CCCC2C1. The molecular weight excluding hydrogens is 384 g/mol. The summed E-state index contributed by atoms with van der Waals surface area (Å²) in [5, 5.41) is 0.464. The first-order chi connectivity index (χ1) is 9.48. The van der Waals surface area contributed by atoms with E-state index in [1.807, 2.05) is 0 Å². The molecule has 0 amide bonds. The molecule has 1 atom stereocenters. The molecule has 2 saturated heterocycles. The van der Waals surface area contributed by atoms with Crippen molar-refractivity contribution in [2.75, 3.05) is 26.2 Å². The second-order valence-corrected chi connectivity index (χ2v) is 10.2. The molecule has 2 aliphatic rings. The molecular formula is C12H16BrClN2O2S2. The molecule has 0 N–H and O–H groups in total. The van der Waals surface area contributed by atoms with Crippen LogP contribution in [0.3, 0.4) is 0 Å². The topological polar surface area (TPSA) is 40.6 Å². The summed E-state index contributed by atoms with van der Waals surface area (Å²) in [6.45, 7) is 3.32. The fraction of sp³-hybridized carbons (Fsp3) is 0.667. The van der Waals surface area contributed by atoms with E-state index in [9.17, 15) is 8.42 Å². The Morgan fingerprint density at radius 3 is 2.75 bits per heavy atom. The van der Waals surface area contributed by atoms with Crippen LogP contribution in [0.1, 0.15) is 19.3 Å². The number of halogens is 2. The smallest absolute Gasteiger partial charge is 0.252 e. The van der Waals surface area contributed by atoms with Crippen molar-refractivity contribution >= 4 is 48.9 Å². The Labute approximate surface area is 136 Å². The van der Waals surface area contributed by atoms with Crippen LogP contribution in [0.4, 0.5) is 0 Å². The van der Waals surface area contributed by atoms with Crippen molar-refractivity contribution in [3.8, 4) is 0 Å². The van der Waals surface area contributed by atoms with Gasteiger partial charge in [-0.25, -0.2) is 8.42 Å². The predicted octanol–water partition coefficient (Wildman–Crippen LogP) is 3.02. The number of rotatable bonds is 2. The highest BCUT2D eigenvalue weighted by Gasteiger charge is 2.35. The molecule has 0 spiro atoms. The Hall–Kier alpha value is 0.340. The first kappa shape index (κ1) is 15.2. The van der Waals surface area contributed by atoms with Crippen LogP contribution in [0, 0.1) is 0 Å². The van der Waals surface area contributed by atoms with Crippen LogP contribution in [0.15, 0.2) is 14.1 Å². The number of nitrogens with zero attached hydrogens (tertiary/aromatic N) is 2. The maximum atomic E-state index is 12.7. The van der Waals surface area contributed by atoms with Crippen LogP contribution in [-0.2, 0) is 10.0 Å². The summed E-state index contributed by atoms with van der Waals surface area (Å²) in [6, 6.07) is 1.93. The van der Waals surface area contributed by atoms with Gasteiger partial charge in [-0.3, -0.25) is 4.90 Å². The maximum absolute atomic E-state index is 12.7. The Kier molecular flexibility index (Phi) is 4.46.